The molecule has 0 saturated carbocycles. The number of thiocarbonyl (C=S) groups is 1. The Morgan fingerprint density at radius 2 is 1.38 bits per heavy atom. The average Bonchev–Trinajstić information content (AvgIpc) is 2.03. The van der Waals surface area contributed by atoms with Crippen LogP contribution in [0.1, 0.15) is 34.1 Å². The molecule has 0 radical (unpaired) electrons. The minimum atomic E-state index is 0.536. The van der Waals surface area contributed by atoms with Crippen LogP contribution < -0.4 is 0 Å². The first-order valence-corrected chi connectivity index (χ1v) is 5.52. The maximum absolute atomic E-state index is 5.45. The summed E-state index contributed by atoms with van der Waals surface area (Å²) in [5.41, 5.74) is 0. The van der Waals surface area contributed by atoms with Gasteiger partial charge in [-0.25, -0.2) is 0 Å². The Morgan fingerprint density at radius 3 is 1.69 bits per heavy atom. The molecule has 0 aromatic carbocycles. The fourth-order valence-electron chi connectivity index (χ4n) is 1.73. The lowest BCUT2D eigenvalue weighted by molar-refractivity contribution is 0.212. The number of hydrogen-bond donors (Lipinski definition) is 0. The number of nitrogens with zero attached hydrogens (tertiary/aromatic N) is 2. The molecular weight excluding hydrogens is 180 g/mol. The van der Waals surface area contributed by atoms with Gasteiger partial charge in [0.15, 0.2) is 5.11 Å². The van der Waals surface area contributed by atoms with Crippen molar-refractivity contribution in [2.75, 3.05) is 13.1 Å². The van der Waals surface area contributed by atoms with Crippen LogP contribution in [-0.2, 0) is 0 Å². The van der Waals surface area contributed by atoms with E-state index in [2.05, 4.69) is 37.5 Å². The van der Waals surface area contributed by atoms with E-state index in [0.29, 0.717) is 12.1 Å². The third kappa shape index (κ3) is 2.33. The van der Waals surface area contributed by atoms with Crippen LogP contribution in [0.15, 0.2) is 0 Å². The minimum absolute atomic E-state index is 0.536. The Bertz CT molecular complexity index is 171. The molecule has 3 heteroatoms. The maximum atomic E-state index is 5.45. The molecule has 1 fully saturated rings. The molecule has 0 bridgehead atoms. The molecule has 1 aliphatic heterocycles. The molecule has 0 unspecified atom stereocenters. The fraction of sp³-hybridized carbons (Fsp3) is 0.900. The molecule has 1 aliphatic rings. The van der Waals surface area contributed by atoms with E-state index in [0.717, 1.165) is 18.2 Å². The third-order valence-corrected chi connectivity index (χ3v) is 3.01. The molecule has 0 N–H and O–H groups in total. The van der Waals surface area contributed by atoms with Gasteiger partial charge in [-0.05, 0) is 46.3 Å². The Labute approximate surface area is 86.9 Å². The highest BCUT2D eigenvalue weighted by Crippen LogP contribution is 2.15. The maximum Gasteiger partial charge on any atom is 0.172 e. The number of hydrogen-bond acceptors (Lipinski definition) is 1. The van der Waals surface area contributed by atoms with Crippen molar-refractivity contribution >= 4 is 17.3 Å². The van der Waals surface area contributed by atoms with Crippen molar-refractivity contribution in [3.8, 4) is 0 Å². The van der Waals surface area contributed by atoms with Gasteiger partial charge < -0.3 is 9.80 Å². The monoisotopic (exact) mass is 200 g/mol. The second kappa shape index (κ2) is 4.27. The highest BCUT2D eigenvalue weighted by molar-refractivity contribution is 7.80. The van der Waals surface area contributed by atoms with Gasteiger partial charge in [-0.3, -0.25) is 0 Å². The predicted molar refractivity (Wildman–Crippen MR) is 60.9 cm³/mol. The van der Waals surface area contributed by atoms with E-state index < -0.39 is 0 Å². The molecule has 76 valence electrons. The normalized spacial score (nSPS) is 19.1. The van der Waals surface area contributed by atoms with E-state index in [1.807, 2.05) is 0 Å². The smallest absolute Gasteiger partial charge is 0.172 e. The van der Waals surface area contributed by atoms with Gasteiger partial charge in [0, 0.05) is 25.2 Å². The molecule has 0 aromatic rings. The van der Waals surface area contributed by atoms with Gasteiger partial charge in [-0.2, -0.15) is 0 Å². The Hall–Kier alpha value is -0.310. The highest BCUT2D eigenvalue weighted by atomic mass is 32.1. The molecule has 0 amide bonds. The van der Waals surface area contributed by atoms with Crippen molar-refractivity contribution in [2.45, 2.75) is 46.2 Å². The van der Waals surface area contributed by atoms with E-state index in [9.17, 15) is 0 Å². The van der Waals surface area contributed by atoms with Crippen LogP contribution in [-0.4, -0.2) is 40.1 Å². The second-order valence-corrected chi connectivity index (χ2v) is 4.58. The summed E-state index contributed by atoms with van der Waals surface area (Å²) in [6.07, 6.45) is 1.23. The van der Waals surface area contributed by atoms with E-state index in [-0.39, 0.29) is 0 Å². The van der Waals surface area contributed by atoms with Crippen molar-refractivity contribution < 1.29 is 0 Å². The minimum Gasteiger partial charge on any atom is -0.347 e. The first-order chi connectivity index (χ1) is 6.04. The van der Waals surface area contributed by atoms with Gasteiger partial charge in [0.1, 0.15) is 0 Å². The third-order valence-electron chi connectivity index (χ3n) is 2.54. The van der Waals surface area contributed by atoms with Crippen LogP contribution in [0.3, 0.4) is 0 Å². The van der Waals surface area contributed by atoms with Crippen molar-refractivity contribution in [3.05, 3.63) is 0 Å². The van der Waals surface area contributed by atoms with Crippen LogP contribution >= 0.6 is 12.2 Å². The summed E-state index contributed by atoms with van der Waals surface area (Å²) in [6, 6.07) is 1.07. The lowest BCUT2D eigenvalue weighted by atomic mass is 10.2. The largest absolute Gasteiger partial charge is 0.347 e. The summed E-state index contributed by atoms with van der Waals surface area (Å²) in [5.74, 6) is 0. The van der Waals surface area contributed by atoms with Crippen LogP contribution in [0, 0.1) is 0 Å². The van der Waals surface area contributed by atoms with Crippen LogP contribution in [0.25, 0.3) is 0 Å². The molecule has 0 aromatic heterocycles. The SMILES string of the molecule is CC(C)N1CCCN(C(C)C)C1=S. The molecule has 0 atom stereocenters. The molecule has 1 heterocycles. The zero-order chi connectivity index (χ0) is 10.0. The Balaban J connectivity index is 2.66. The summed E-state index contributed by atoms with van der Waals surface area (Å²) in [5, 5.41) is 1.04. The lowest BCUT2D eigenvalue weighted by Crippen LogP contribution is -2.53. The molecule has 0 spiro atoms. The molecule has 1 saturated heterocycles. The zero-order valence-electron chi connectivity index (χ0n) is 9.08. The summed E-state index contributed by atoms with van der Waals surface area (Å²) >= 11 is 5.45. The standard InChI is InChI=1S/C10H20N2S/c1-8(2)11-6-5-7-12(9(3)4)10(11)13/h8-9H,5-7H2,1-4H3. The summed E-state index contributed by atoms with van der Waals surface area (Å²) in [6.45, 7) is 11.1. The van der Waals surface area contributed by atoms with Crippen molar-refractivity contribution in [3.63, 3.8) is 0 Å². The average molecular weight is 200 g/mol. The van der Waals surface area contributed by atoms with E-state index in [1.165, 1.54) is 6.42 Å². The van der Waals surface area contributed by atoms with Crippen LogP contribution in [0.4, 0.5) is 0 Å². The molecule has 2 nitrogen and oxygen atoms in total. The van der Waals surface area contributed by atoms with Gasteiger partial charge in [0.2, 0.25) is 0 Å². The van der Waals surface area contributed by atoms with Crippen LogP contribution in [0.5, 0.6) is 0 Å². The number of rotatable bonds is 2. The Kier molecular flexibility index (Phi) is 3.54. The first kappa shape index (κ1) is 10.8. The van der Waals surface area contributed by atoms with Gasteiger partial charge in [-0.15, -0.1) is 0 Å². The molecule has 0 aliphatic carbocycles. The van der Waals surface area contributed by atoms with Gasteiger partial charge >= 0.3 is 0 Å². The summed E-state index contributed by atoms with van der Waals surface area (Å²) in [7, 11) is 0. The molecule has 1 rings (SSSR count). The van der Waals surface area contributed by atoms with E-state index in [4.69, 9.17) is 12.2 Å². The van der Waals surface area contributed by atoms with Crippen LogP contribution in [0.2, 0.25) is 0 Å². The van der Waals surface area contributed by atoms with Crippen molar-refractivity contribution in [1.29, 1.82) is 0 Å². The quantitative estimate of drug-likeness (QED) is 0.630. The summed E-state index contributed by atoms with van der Waals surface area (Å²) < 4.78 is 0. The van der Waals surface area contributed by atoms with E-state index >= 15 is 0 Å². The topological polar surface area (TPSA) is 6.48 Å². The predicted octanol–water partition coefficient (Wildman–Crippen LogP) is 2.10. The van der Waals surface area contributed by atoms with Gasteiger partial charge in [0.25, 0.3) is 0 Å². The second-order valence-electron chi connectivity index (χ2n) is 4.21. The zero-order valence-corrected chi connectivity index (χ0v) is 9.90. The van der Waals surface area contributed by atoms with E-state index in [1.54, 1.807) is 0 Å². The lowest BCUT2D eigenvalue weighted by Gasteiger charge is -2.42. The molecule has 13 heavy (non-hydrogen) atoms. The van der Waals surface area contributed by atoms with Crippen molar-refractivity contribution in [1.82, 2.24) is 9.80 Å². The molecular formula is C10H20N2S. The van der Waals surface area contributed by atoms with Gasteiger partial charge in [-0.1, -0.05) is 0 Å². The summed E-state index contributed by atoms with van der Waals surface area (Å²) in [4.78, 5) is 4.64. The van der Waals surface area contributed by atoms with Crippen molar-refractivity contribution in [2.24, 2.45) is 0 Å². The first-order valence-electron chi connectivity index (χ1n) is 5.11. The Morgan fingerprint density at radius 1 is 1.00 bits per heavy atom. The highest BCUT2D eigenvalue weighted by Gasteiger charge is 2.25. The van der Waals surface area contributed by atoms with Gasteiger partial charge in [0.05, 0.1) is 0 Å². The fourth-order valence-corrected chi connectivity index (χ4v) is 2.33.